The summed E-state index contributed by atoms with van der Waals surface area (Å²) in [4.78, 5) is 11.5. The normalized spacial score (nSPS) is 49.1. The highest BCUT2D eigenvalue weighted by Gasteiger charge is 2.56. The first-order valence-electron chi connectivity index (χ1n) is 7.07. The molecule has 0 unspecified atom stereocenters. The van der Waals surface area contributed by atoms with Crippen LogP contribution in [0.4, 0.5) is 0 Å². The average molecular weight is 236 g/mol. The first-order chi connectivity index (χ1) is 7.97. The van der Waals surface area contributed by atoms with Gasteiger partial charge in [0, 0.05) is 0 Å². The SMILES string of the molecule is CC(C)[C@H]1CC[C@@H](C)[C@@]23CC[C@@](C)(C=C12)OO3. The van der Waals surface area contributed by atoms with Crippen LogP contribution in [0.15, 0.2) is 11.6 Å². The van der Waals surface area contributed by atoms with Gasteiger partial charge in [0.25, 0.3) is 0 Å². The van der Waals surface area contributed by atoms with E-state index in [4.69, 9.17) is 9.78 Å². The monoisotopic (exact) mass is 236 g/mol. The number of rotatable bonds is 1. The van der Waals surface area contributed by atoms with Gasteiger partial charge >= 0.3 is 0 Å². The van der Waals surface area contributed by atoms with E-state index in [9.17, 15) is 0 Å². The quantitative estimate of drug-likeness (QED) is 0.508. The Morgan fingerprint density at radius 1 is 1.24 bits per heavy atom. The van der Waals surface area contributed by atoms with Gasteiger partial charge in [0.15, 0.2) is 0 Å². The van der Waals surface area contributed by atoms with Gasteiger partial charge in [-0.05, 0) is 62.0 Å². The first kappa shape index (κ1) is 11.7. The summed E-state index contributed by atoms with van der Waals surface area (Å²) in [6, 6.07) is 0. The van der Waals surface area contributed by atoms with Crippen LogP contribution in [-0.4, -0.2) is 11.2 Å². The van der Waals surface area contributed by atoms with E-state index in [2.05, 4.69) is 33.8 Å². The maximum Gasteiger partial charge on any atom is 0.128 e. The van der Waals surface area contributed by atoms with Crippen LogP contribution < -0.4 is 0 Å². The molecule has 2 heteroatoms. The van der Waals surface area contributed by atoms with Crippen LogP contribution in [-0.2, 0) is 9.78 Å². The zero-order valence-corrected chi connectivity index (χ0v) is 11.5. The van der Waals surface area contributed by atoms with E-state index in [1.807, 2.05) is 0 Å². The molecule has 17 heavy (non-hydrogen) atoms. The molecule has 2 bridgehead atoms. The molecule has 2 aliphatic carbocycles. The summed E-state index contributed by atoms with van der Waals surface area (Å²) in [6.45, 7) is 9.14. The average Bonchev–Trinajstić information content (AvgIpc) is 2.28. The highest BCUT2D eigenvalue weighted by Crippen LogP contribution is 2.56. The lowest BCUT2D eigenvalue weighted by Crippen LogP contribution is -2.58. The molecule has 0 radical (unpaired) electrons. The van der Waals surface area contributed by atoms with Crippen molar-refractivity contribution >= 4 is 0 Å². The third kappa shape index (κ3) is 1.53. The first-order valence-corrected chi connectivity index (χ1v) is 7.07. The molecule has 96 valence electrons. The predicted molar refractivity (Wildman–Crippen MR) is 67.3 cm³/mol. The van der Waals surface area contributed by atoms with Crippen molar-refractivity contribution in [2.45, 2.75) is 64.6 Å². The summed E-state index contributed by atoms with van der Waals surface area (Å²) in [7, 11) is 0. The van der Waals surface area contributed by atoms with E-state index >= 15 is 0 Å². The molecule has 2 fully saturated rings. The third-order valence-corrected chi connectivity index (χ3v) is 5.23. The standard InChI is InChI=1S/C15H24O2/c1-10(2)12-6-5-11(3)15-8-7-14(4,16-17-15)9-13(12)15/h9-12H,5-8H2,1-4H3/t11-,12-,14+,15+/m1/s1. The van der Waals surface area contributed by atoms with Crippen LogP contribution >= 0.6 is 0 Å². The molecule has 4 rings (SSSR count). The molecule has 0 N–H and O–H groups in total. The van der Waals surface area contributed by atoms with Gasteiger partial charge in [0.2, 0.25) is 0 Å². The van der Waals surface area contributed by atoms with Gasteiger partial charge in [0.1, 0.15) is 11.2 Å². The summed E-state index contributed by atoms with van der Waals surface area (Å²) in [5.41, 5.74) is 1.29. The highest BCUT2D eigenvalue weighted by atomic mass is 17.2. The second kappa shape index (κ2) is 3.58. The van der Waals surface area contributed by atoms with Crippen LogP contribution in [0.2, 0.25) is 0 Å². The Morgan fingerprint density at radius 3 is 2.59 bits per heavy atom. The minimum absolute atomic E-state index is 0.0923. The Kier molecular flexibility index (Phi) is 2.47. The zero-order chi connectivity index (χ0) is 12.3. The van der Waals surface area contributed by atoms with Crippen molar-refractivity contribution < 1.29 is 9.78 Å². The van der Waals surface area contributed by atoms with Crippen molar-refractivity contribution in [3.8, 4) is 0 Å². The molecule has 2 aliphatic heterocycles. The Labute approximate surface area is 104 Å². The van der Waals surface area contributed by atoms with E-state index in [0.717, 1.165) is 12.8 Å². The van der Waals surface area contributed by atoms with E-state index < -0.39 is 0 Å². The lowest BCUT2D eigenvalue weighted by molar-refractivity contribution is -0.439. The maximum absolute atomic E-state index is 5.90. The Morgan fingerprint density at radius 2 is 2.00 bits per heavy atom. The molecule has 1 saturated carbocycles. The largest absolute Gasteiger partial charge is 0.225 e. The fourth-order valence-corrected chi connectivity index (χ4v) is 3.97. The van der Waals surface area contributed by atoms with E-state index in [0.29, 0.717) is 17.8 Å². The molecule has 0 aromatic carbocycles. The van der Waals surface area contributed by atoms with Gasteiger partial charge < -0.3 is 0 Å². The fraction of sp³-hybridized carbons (Fsp3) is 0.867. The molecule has 0 aromatic rings. The van der Waals surface area contributed by atoms with E-state index in [1.54, 1.807) is 5.57 Å². The van der Waals surface area contributed by atoms with Crippen LogP contribution in [0.1, 0.15) is 53.4 Å². The minimum atomic E-state index is -0.165. The lowest BCUT2D eigenvalue weighted by Gasteiger charge is -2.56. The molecule has 4 aliphatic rings. The molecule has 4 atom stereocenters. The molecular formula is C15H24O2. The number of hydrogen-bond acceptors (Lipinski definition) is 2. The van der Waals surface area contributed by atoms with Crippen LogP contribution in [0.5, 0.6) is 0 Å². The number of hydrogen-bond donors (Lipinski definition) is 0. The van der Waals surface area contributed by atoms with Gasteiger partial charge in [-0.1, -0.05) is 20.8 Å². The molecule has 1 spiro atoms. The topological polar surface area (TPSA) is 18.5 Å². The van der Waals surface area contributed by atoms with Crippen molar-refractivity contribution in [3.05, 3.63) is 11.6 Å². The Hall–Kier alpha value is -0.340. The summed E-state index contributed by atoms with van der Waals surface area (Å²) < 4.78 is 0. The lowest BCUT2D eigenvalue weighted by atomic mass is 9.59. The molecular weight excluding hydrogens is 212 g/mol. The molecule has 0 amide bonds. The van der Waals surface area contributed by atoms with Gasteiger partial charge in [-0.2, -0.15) is 0 Å². The number of fused-ring (bicyclic) bond motifs is 2. The van der Waals surface area contributed by atoms with E-state index in [1.165, 1.54) is 12.8 Å². The van der Waals surface area contributed by atoms with Crippen LogP contribution in [0.3, 0.4) is 0 Å². The second-order valence-corrected chi connectivity index (χ2v) is 6.80. The second-order valence-electron chi connectivity index (χ2n) is 6.80. The predicted octanol–water partition coefficient (Wildman–Crippen LogP) is 3.87. The highest BCUT2D eigenvalue weighted by molar-refractivity contribution is 5.32. The third-order valence-electron chi connectivity index (χ3n) is 5.23. The van der Waals surface area contributed by atoms with Gasteiger partial charge in [-0.15, -0.1) is 0 Å². The fourth-order valence-electron chi connectivity index (χ4n) is 3.97. The van der Waals surface area contributed by atoms with E-state index in [-0.39, 0.29) is 11.2 Å². The van der Waals surface area contributed by atoms with Crippen molar-refractivity contribution in [1.82, 2.24) is 0 Å². The summed E-state index contributed by atoms with van der Waals surface area (Å²) in [5, 5.41) is 0. The smallest absolute Gasteiger partial charge is 0.128 e. The van der Waals surface area contributed by atoms with Crippen molar-refractivity contribution in [2.75, 3.05) is 0 Å². The Balaban J connectivity index is 2.06. The minimum Gasteiger partial charge on any atom is -0.225 e. The van der Waals surface area contributed by atoms with Crippen molar-refractivity contribution in [1.29, 1.82) is 0 Å². The molecule has 2 nitrogen and oxygen atoms in total. The van der Waals surface area contributed by atoms with Crippen molar-refractivity contribution in [3.63, 3.8) is 0 Å². The molecule has 2 heterocycles. The summed E-state index contributed by atoms with van der Waals surface area (Å²) >= 11 is 0. The van der Waals surface area contributed by atoms with Gasteiger partial charge in [0.05, 0.1) is 0 Å². The molecule has 0 aromatic heterocycles. The molecule has 1 saturated heterocycles. The van der Waals surface area contributed by atoms with Crippen molar-refractivity contribution in [2.24, 2.45) is 17.8 Å². The zero-order valence-electron chi connectivity index (χ0n) is 11.5. The van der Waals surface area contributed by atoms with Gasteiger partial charge in [-0.3, -0.25) is 0 Å². The van der Waals surface area contributed by atoms with Crippen LogP contribution in [0.25, 0.3) is 0 Å². The summed E-state index contributed by atoms with van der Waals surface area (Å²) in [5.74, 6) is 1.99. The van der Waals surface area contributed by atoms with Gasteiger partial charge in [-0.25, -0.2) is 9.78 Å². The maximum atomic E-state index is 5.90. The Bertz CT molecular complexity index is 348. The summed E-state index contributed by atoms with van der Waals surface area (Å²) in [6.07, 6.45) is 7.21. The van der Waals surface area contributed by atoms with Crippen LogP contribution in [0, 0.1) is 17.8 Å².